The van der Waals surface area contributed by atoms with E-state index in [1.165, 1.54) is 11.3 Å². The van der Waals surface area contributed by atoms with Crippen molar-refractivity contribution in [3.8, 4) is 6.07 Å². The van der Waals surface area contributed by atoms with Gasteiger partial charge in [0.05, 0.1) is 11.6 Å². The Labute approximate surface area is 96.5 Å². The molecule has 0 unspecified atom stereocenters. The third kappa shape index (κ3) is 3.97. The van der Waals surface area contributed by atoms with E-state index in [0.29, 0.717) is 0 Å². The Bertz CT molecular complexity index is 363. The summed E-state index contributed by atoms with van der Waals surface area (Å²) in [6.07, 6.45) is 1.24. The lowest BCUT2D eigenvalue weighted by atomic mass is 10.1. The Morgan fingerprint density at radius 3 is 2.67 bits per heavy atom. The van der Waals surface area contributed by atoms with Crippen LogP contribution in [0.3, 0.4) is 0 Å². The average molecular weight is 219 g/mol. The summed E-state index contributed by atoms with van der Waals surface area (Å²) in [4.78, 5) is 1.27. The van der Waals surface area contributed by atoms with Gasteiger partial charge >= 0.3 is 0 Å². The van der Waals surface area contributed by atoms with Crippen LogP contribution < -0.4 is 0 Å². The van der Waals surface area contributed by atoms with E-state index in [-0.39, 0.29) is 0 Å². The summed E-state index contributed by atoms with van der Waals surface area (Å²) in [7, 11) is 0. The summed E-state index contributed by atoms with van der Waals surface area (Å²) in [5.74, 6) is 1.92. The predicted octanol–water partition coefficient (Wildman–Crippen LogP) is 4.00. The molecule has 80 valence electrons. The molecular weight excluding hydrogens is 202 g/mol. The molecule has 1 aromatic carbocycles. The van der Waals surface area contributed by atoms with Gasteiger partial charge in [-0.15, -0.1) is 11.8 Å². The fourth-order valence-electron chi connectivity index (χ4n) is 1.26. The highest BCUT2D eigenvalue weighted by Crippen LogP contribution is 2.22. The lowest BCUT2D eigenvalue weighted by molar-refractivity contribution is 0.632. The zero-order chi connectivity index (χ0) is 11.3. The summed E-state index contributed by atoms with van der Waals surface area (Å²) in [5, 5.41) is 8.80. The molecule has 0 fully saturated rings. The van der Waals surface area contributed by atoms with Gasteiger partial charge in [-0.05, 0) is 48.8 Å². The Hall–Kier alpha value is -0.940. The molecule has 1 aromatic rings. The third-order valence-electron chi connectivity index (χ3n) is 2.28. The van der Waals surface area contributed by atoms with Crippen LogP contribution >= 0.6 is 11.8 Å². The molecule has 0 radical (unpaired) electrons. The van der Waals surface area contributed by atoms with Crippen molar-refractivity contribution in [3.63, 3.8) is 0 Å². The van der Waals surface area contributed by atoms with Crippen LogP contribution in [0.5, 0.6) is 0 Å². The van der Waals surface area contributed by atoms with E-state index in [4.69, 9.17) is 5.26 Å². The van der Waals surface area contributed by atoms with Gasteiger partial charge in [0.25, 0.3) is 0 Å². The maximum atomic E-state index is 8.80. The van der Waals surface area contributed by atoms with E-state index in [0.717, 1.165) is 22.8 Å². The first-order chi connectivity index (χ1) is 7.13. The van der Waals surface area contributed by atoms with E-state index in [9.17, 15) is 0 Å². The molecule has 0 aliphatic carbocycles. The van der Waals surface area contributed by atoms with Crippen LogP contribution in [-0.2, 0) is 0 Å². The number of hydrogen-bond donors (Lipinski definition) is 0. The number of nitrogens with zero attached hydrogens (tertiary/aromatic N) is 1. The SMILES string of the molecule is Cc1cc(SCCC(C)C)ccc1C#N. The molecule has 0 amide bonds. The van der Waals surface area contributed by atoms with Crippen molar-refractivity contribution in [2.24, 2.45) is 5.92 Å². The first-order valence-corrected chi connectivity index (χ1v) is 6.25. The first-order valence-electron chi connectivity index (χ1n) is 5.27. The standard InChI is InChI=1S/C13H17NS/c1-10(2)6-7-15-13-5-4-12(9-14)11(3)8-13/h4-5,8,10H,6-7H2,1-3H3. The minimum absolute atomic E-state index is 0.761. The van der Waals surface area contributed by atoms with Crippen molar-refractivity contribution < 1.29 is 0 Å². The maximum absolute atomic E-state index is 8.80. The second-order valence-electron chi connectivity index (χ2n) is 4.12. The molecule has 0 atom stereocenters. The quantitative estimate of drug-likeness (QED) is 0.714. The molecule has 1 nitrogen and oxygen atoms in total. The first kappa shape index (κ1) is 12.1. The van der Waals surface area contributed by atoms with Crippen molar-refractivity contribution in [3.05, 3.63) is 29.3 Å². The van der Waals surface area contributed by atoms with Crippen LogP contribution in [0.15, 0.2) is 23.1 Å². The molecule has 1 rings (SSSR count). The number of hydrogen-bond acceptors (Lipinski definition) is 2. The fraction of sp³-hybridized carbons (Fsp3) is 0.462. The Morgan fingerprint density at radius 2 is 2.13 bits per heavy atom. The Kier molecular flexibility index (Phi) is 4.71. The second-order valence-corrected chi connectivity index (χ2v) is 5.29. The van der Waals surface area contributed by atoms with Gasteiger partial charge in [0.15, 0.2) is 0 Å². The number of benzene rings is 1. The molecule has 0 N–H and O–H groups in total. The Balaban J connectivity index is 2.57. The third-order valence-corrected chi connectivity index (χ3v) is 3.31. The highest BCUT2D eigenvalue weighted by Gasteiger charge is 2.00. The van der Waals surface area contributed by atoms with Crippen LogP contribution in [-0.4, -0.2) is 5.75 Å². The molecule has 0 aromatic heterocycles. The monoisotopic (exact) mass is 219 g/mol. The summed E-state index contributed by atoms with van der Waals surface area (Å²) >= 11 is 1.87. The molecule has 0 aliphatic rings. The zero-order valence-corrected chi connectivity index (χ0v) is 10.4. The number of aryl methyl sites for hydroxylation is 1. The Morgan fingerprint density at radius 1 is 1.40 bits per heavy atom. The van der Waals surface area contributed by atoms with E-state index >= 15 is 0 Å². The highest BCUT2D eigenvalue weighted by atomic mass is 32.2. The average Bonchev–Trinajstić information content (AvgIpc) is 2.17. The molecule has 0 spiro atoms. The van der Waals surface area contributed by atoms with Gasteiger partial charge < -0.3 is 0 Å². The van der Waals surface area contributed by atoms with Crippen molar-refractivity contribution in [1.29, 1.82) is 5.26 Å². The predicted molar refractivity (Wildman–Crippen MR) is 66.1 cm³/mol. The van der Waals surface area contributed by atoms with E-state index in [1.807, 2.05) is 30.8 Å². The summed E-state index contributed by atoms with van der Waals surface area (Å²) in [6, 6.07) is 8.24. The maximum Gasteiger partial charge on any atom is 0.0994 e. The highest BCUT2D eigenvalue weighted by molar-refractivity contribution is 7.99. The smallest absolute Gasteiger partial charge is 0.0994 e. The van der Waals surface area contributed by atoms with E-state index in [2.05, 4.69) is 26.0 Å². The van der Waals surface area contributed by atoms with E-state index in [1.54, 1.807) is 0 Å². The fourth-order valence-corrected chi connectivity index (χ4v) is 2.51. The lowest BCUT2D eigenvalue weighted by Crippen LogP contribution is -1.90. The van der Waals surface area contributed by atoms with Crippen LogP contribution in [0.4, 0.5) is 0 Å². The van der Waals surface area contributed by atoms with Crippen LogP contribution in [0.25, 0.3) is 0 Å². The molecule has 2 heteroatoms. The normalized spacial score (nSPS) is 10.3. The van der Waals surface area contributed by atoms with Crippen LogP contribution in [0.2, 0.25) is 0 Å². The molecule has 15 heavy (non-hydrogen) atoms. The molecule has 0 bridgehead atoms. The van der Waals surface area contributed by atoms with Crippen molar-refractivity contribution in [2.45, 2.75) is 32.1 Å². The van der Waals surface area contributed by atoms with Crippen LogP contribution in [0.1, 0.15) is 31.4 Å². The molecule has 0 saturated heterocycles. The zero-order valence-electron chi connectivity index (χ0n) is 9.58. The van der Waals surface area contributed by atoms with Gasteiger partial charge in [-0.25, -0.2) is 0 Å². The van der Waals surface area contributed by atoms with Gasteiger partial charge in [-0.1, -0.05) is 13.8 Å². The van der Waals surface area contributed by atoms with Gasteiger partial charge in [-0.3, -0.25) is 0 Å². The minimum Gasteiger partial charge on any atom is -0.192 e. The van der Waals surface area contributed by atoms with Crippen molar-refractivity contribution >= 4 is 11.8 Å². The molecule has 0 saturated carbocycles. The molecular formula is C13H17NS. The van der Waals surface area contributed by atoms with Gasteiger partial charge in [0.2, 0.25) is 0 Å². The number of rotatable bonds is 4. The summed E-state index contributed by atoms with van der Waals surface area (Å²) in [5.41, 5.74) is 1.86. The molecule has 0 aliphatic heterocycles. The van der Waals surface area contributed by atoms with Crippen LogP contribution in [0, 0.1) is 24.2 Å². The summed E-state index contributed by atoms with van der Waals surface area (Å²) < 4.78 is 0. The van der Waals surface area contributed by atoms with Crippen molar-refractivity contribution in [2.75, 3.05) is 5.75 Å². The minimum atomic E-state index is 0.761. The van der Waals surface area contributed by atoms with Gasteiger partial charge in [0, 0.05) is 4.90 Å². The largest absolute Gasteiger partial charge is 0.192 e. The molecule has 0 heterocycles. The summed E-state index contributed by atoms with van der Waals surface area (Å²) in [6.45, 7) is 6.47. The van der Waals surface area contributed by atoms with Gasteiger partial charge in [0.1, 0.15) is 0 Å². The van der Waals surface area contributed by atoms with Crippen molar-refractivity contribution in [1.82, 2.24) is 0 Å². The lowest BCUT2D eigenvalue weighted by Gasteiger charge is -2.05. The topological polar surface area (TPSA) is 23.8 Å². The number of nitriles is 1. The second kappa shape index (κ2) is 5.82. The van der Waals surface area contributed by atoms with Gasteiger partial charge in [-0.2, -0.15) is 5.26 Å². The number of thioether (sulfide) groups is 1. The van der Waals surface area contributed by atoms with E-state index < -0.39 is 0 Å².